The Hall–Kier alpha value is -4.12. The third-order valence-corrected chi connectivity index (χ3v) is 5.38. The second-order valence-corrected chi connectivity index (χ2v) is 7.94. The van der Waals surface area contributed by atoms with Gasteiger partial charge in [0.1, 0.15) is 0 Å². The van der Waals surface area contributed by atoms with Crippen LogP contribution in [0.25, 0.3) is 10.8 Å². The molecule has 0 saturated carbocycles. The minimum atomic E-state index is -0.234. The SMILES string of the molecule is Cc1ccc(C(=O)Nc2cccc(N(C)C)c2)cc1NC(=O)c1ccc2ccccc2c1. The van der Waals surface area contributed by atoms with Crippen LogP contribution in [0.4, 0.5) is 17.1 Å². The van der Waals surface area contributed by atoms with Crippen LogP contribution in [0.3, 0.4) is 0 Å². The van der Waals surface area contributed by atoms with E-state index in [0.717, 1.165) is 22.0 Å². The normalized spacial score (nSPS) is 10.6. The summed E-state index contributed by atoms with van der Waals surface area (Å²) in [6, 6.07) is 26.5. The summed E-state index contributed by atoms with van der Waals surface area (Å²) in [4.78, 5) is 27.7. The van der Waals surface area contributed by atoms with Gasteiger partial charge in [-0.15, -0.1) is 0 Å². The first-order valence-electron chi connectivity index (χ1n) is 10.4. The molecule has 0 aliphatic carbocycles. The number of aryl methyl sites for hydroxylation is 1. The number of carbonyl (C=O) groups excluding carboxylic acids is 2. The summed E-state index contributed by atoms with van der Waals surface area (Å²) in [5.41, 5.74) is 4.24. The maximum atomic E-state index is 12.9. The average Bonchev–Trinajstić information content (AvgIpc) is 2.80. The zero-order valence-electron chi connectivity index (χ0n) is 18.3. The van der Waals surface area contributed by atoms with E-state index in [0.29, 0.717) is 22.5 Å². The van der Waals surface area contributed by atoms with Crippen molar-refractivity contribution in [2.24, 2.45) is 0 Å². The van der Waals surface area contributed by atoms with Gasteiger partial charge < -0.3 is 15.5 Å². The number of amides is 2. The average molecular weight is 424 g/mol. The number of hydrogen-bond donors (Lipinski definition) is 2. The van der Waals surface area contributed by atoms with Crippen molar-refractivity contribution in [3.8, 4) is 0 Å². The topological polar surface area (TPSA) is 61.4 Å². The van der Waals surface area contributed by atoms with E-state index in [-0.39, 0.29) is 11.8 Å². The van der Waals surface area contributed by atoms with Crippen molar-refractivity contribution in [2.75, 3.05) is 29.6 Å². The third kappa shape index (κ3) is 4.62. The highest BCUT2D eigenvalue weighted by Crippen LogP contribution is 2.22. The van der Waals surface area contributed by atoms with E-state index in [1.54, 1.807) is 18.2 Å². The lowest BCUT2D eigenvalue weighted by Crippen LogP contribution is -2.16. The van der Waals surface area contributed by atoms with Gasteiger partial charge in [-0.05, 0) is 65.7 Å². The molecule has 2 N–H and O–H groups in total. The van der Waals surface area contributed by atoms with Gasteiger partial charge in [0.25, 0.3) is 11.8 Å². The van der Waals surface area contributed by atoms with E-state index in [2.05, 4.69) is 10.6 Å². The molecule has 0 aromatic heterocycles. The molecule has 4 rings (SSSR count). The van der Waals surface area contributed by atoms with Crippen LogP contribution in [-0.2, 0) is 0 Å². The molecule has 4 aromatic carbocycles. The predicted octanol–water partition coefficient (Wildman–Crippen LogP) is 5.72. The Bertz CT molecular complexity index is 1310. The van der Waals surface area contributed by atoms with Crippen molar-refractivity contribution in [3.63, 3.8) is 0 Å². The van der Waals surface area contributed by atoms with Crippen LogP contribution in [0.2, 0.25) is 0 Å². The number of rotatable bonds is 5. The molecule has 5 nitrogen and oxygen atoms in total. The Labute approximate surface area is 187 Å². The van der Waals surface area contributed by atoms with Crippen LogP contribution in [0.5, 0.6) is 0 Å². The molecule has 0 heterocycles. The number of fused-ring (bicyclic) bond motifs is 1. The van der Waals surface area contributed by atoms with E-state index in [1.165, 1.54) is 0 Å². The molecular formula is C27H25N3O2. The lowest BCUT2D eigenvalue weighted by Gasteiger charge is -2.14. The highest BCUT2D eigenvalue weighted by Gasteiger charge is 2.13. The van der Waals surface area contributed by atoms with Gasteiger partial charge in [0.05, 0.1) is 0 Å². The van der Waals surface area contributed by atoms with Crippen molar-refractivity contribution in [3.05, 3.63) is 102 Å². The number of nitrogens with zero attached hydrogens (tertiary/aromatic N) is 1. The zero-order chi connectivity index (χ0) is 22.7. The van der Waals surface area contributed by atoms with Crippen LogP contribution < -0.4 is 15.5 Å². The minimum absolute atomic E-state index is 0.213. The van der Waals surface area contributed by atoms with Gasteiger partial charge in [-0.25, -0.2) is 0 Å². The molecule has 0 aliphatic heterocycles. The first-order valence-corrected chi connectivity index (χ1v) is 10.4. The summed E-state index contributed by atoms with van der Waals surface area (Å²) in [5, 5.41) is 7.96. The van der Waals surface area contributed by atoms with Crippen molar-refractivity contribution in [1.82, 2.24) is 0 Å². The van der Waals surface area contributed by atoms with Gasteiger partial charge in [-0.1, -0.05) is 42.5 Å². The van der Waals surface area contributed by atoms with Crippen molar-refractivity contribution in [1.29, 1.82) is 0 Å². The standard InChI is InChI=1S/C27H25N3O2/c1-18-11-12-22(26(31)28-23-9-6-10-24(17-23)30(2)3)16-25(18)29-27(32)21-14-13-19-7-4-5-8-20(19)15-21/h4-17H,1-3H3,(H,28,31)(H,29,32). The molecule has 0 bridgehead atoms. The molecule has 0 aliphatic rings. The molecule has 5 heteroatoms. The van der Waals surface area contributed by atoms with Gasteiger partial charge in [0, 0.05) is 42.3 Å². The van der Waals surface area contributed by atoms with E-state index >= 15 is 0 Å². The van der Waals surface area contributed by atoms with Gasteiger partial charge in [0.15, 0.2) is 0 Å². The van der Waals surface area contributed by atoms with Crippen molar-refractivity contribution < 1.29 is 9.59 Å². The molecule has 0 unspecified atom stereocenters. The van der Waals surface area contributed by atoms with Crippen LogP contribution in [0.15, 0.2) is 84.9 Å². The minimum Gasteiger partial charge on any atom is -0.378 e. The van der Waals surface area contributed by atoms with E-state index < -0.39 is 0 Å². The Balaban J connectivity index is 1.53. The maximum Gasteiger partial charge on any atom is 0.255 e. The van der Waals surface area contributed by atoms with Gasteiger partial charge >= 0.3 is 0 Å². The van der Waals surface area contributed by atoms with E-state index in [4.69, 9.17) is 0 Å². The quantitative estimate of drug-likeness (QED) is 0.432. The molecule has 32 heavy (non-hydrogen) atoms. The third-order valence-electron chi connectivity index (χ3n) is 5.38. The van der Waals surface area contributed by atoms with Crippen LogP contribution in [0.1, 0.15) is 26.3 Å². The number of nitrogens with one attached hydrogen (secondary N) is 2. The van der Waals surface area contributed by atoms with Crippen LogP contribution >= 0.6 is 0 Å². The van der Waals surface area contributed by atoms with Crippen LogP contribution in [-0.4, -0.2) is 25.9 Å². The Morgan fingerprint density at radius 3 is 2.16 bits per heavy atom. The smallest absolute Gasteiger partial charge is 0.255 e. The fraction of sp³-hybridized carbons (Fsp3) is 0.111. The molecular weight excluding hydrogens is 398 g/mol. The molecule has 4 aromatic rings. The molecule has 0 saturated heterocycles. The van der Waals surface area contributed by atoms with Crippen LogP contribution in [0, 0.1) is 6.92 Å². The predicted molar refractivity (Wildman–Crippen MR) is 132 cm³/mol. The molecule has 0 atom stereocenters. The van der Waals surface area contributed by atoms with E-state index in [9.17, 15) is 9.59 Å². The van der Waals surface area contributed by atoms with Gasteiger partial charge in [0.2, 0.25) is 0 Å². The maximum absolute atomic E-state index is 12.9. The number of benzene rings is 4. The molecule has 0 spiro atoms. The Morgan fingerprint density at radius 2 is 1.38 bits per heavy atom. The van der Waals surface area contributed by atoms with E-state index in [1.807, 2.05) is 92.6 Å². The van der Waals surface area contributed by atoms with Gasteiger partial charge in [-0.2, -0.15) is 0 Å². The number of hydrogen-bond acceptors (Lipinski definition) is 3. The second kappa shape index (κ2) is 8.94. The lowest BCUT2D eigenvalue weighted by molar-refractivity contribution is 0.101. The molecule has 160 valence electrons. The largest absolute Gasteiger partial charge is 0.378 e. The zero-order valence-corrected chi connectivity index (χ0v) is 18.3. The first kappa shape index (κ1) is 21.1. The fourth-order valence-corrected chi connectivity index (χ4v) is 3.49. The highest BCUT2D eigenvalue weighted by atomic mass is 16.2. The molecule has 2 amide bonds. The fourth-order valence-electron chi connectivity index (χ4n) is 3.49. The number of carbonyl (C=O) groups is 2. The summed E-state index contributed by atoms with van der Waals surface area (Å²) < 4.78 is 0. The Kier molecular flexibility index (Phi) is 5.90. The summed E-state index contributed by atoms with van der Waals surface area (Å²) in [7, 11) is 3.90. The molecule has 0 radical (unpaired) electrons. The Morgan fingerprint density at radius 1 is 0.688 bits per heavy atom. The second-order valence-electron chi connectivity index (χ2n) is 7.94. The van der Waals surface area contributed by atoms with Crippen molar-refractivity contribution in [2.45, 2.75) is 6.92 Å². The summed E-state index contributed by atoms with van der Waals surface area (Å²) in [5.74, 6) is -0.447. The summed E-state index contributed by atoms with van der Waals surface area (Å²) in [6.45, 7) is 1.90. The van der Waals surface area contributed by atoms with Gasteiger partial charge in [-0.3, -0.25) is 9.59 Å². The summed E-state index contributed by atoms with van der Waals surface area (Å²) >= 11 is 0. The monoisotopic (exact) mass is 423 g/mol. The number of anilines is 3. The lowest BCUT2D eigenvalue weighted by atomic mass is 10.1. The van der Waals surface area contributed by atoms with Crippen molar-refractivity contribution >= 4 is 39.6 Å². The summed E-state index contributed by atoms with van der Waals surface area (Å²) in [6.07, 6.45) is 0. The molecule has 0 fully saturated rings. The highest BCUT2D eigenvalue weighted by molar-refractivity contribution is 6.09. The first-order chi connectivity index (χ1) is 15.4.